The van der Waals surface area contributed by atoms with Gasteiger partial charge in [-0.15, -0.1) is 0 Å². The van der Waals surface area contributed by atoms with Gasteiger partial charge < -0.3 is 20.1 Å². The number of carbonyl (C=O) groups excluding carboxylic acids is 2. The molecule has 2 aromatic carbocycles. The van der Waals surface area contributed by atoms with Crippen molar-refractivity contribution in [1.82, 2.24) is 10.6 Å². The van der Waals surface area contributed by atoms with Gasteiger partial charge in [-0.2, -0.15) is 0 Å². The Labute approximate surface area is 183 Å². The van der Waals surface area contributed by atoms with Gasteiger partial charge in [0.15, 0.2) is 0 Å². The second-order valence-electron chi connectivity index (χ2n) is 7.69. The SMILES string of the molecule is CCC(CC)COC(=O)C1=C(C)NC(=O)N[C@@H]1c1ccc(OCc2ccccc2)cc1. The first-order valence-corrected chi connectivity index (χ1v) is 10.7. The Bertz CT molecular complexity index is 918. The molecule has 0 saturated heterocycles. The van der Waals surface area contributed by atoms with Crippen LogP contribution in [0.2, 0.25) is 0 Å². The number of hydrogen-bond donors (Lipinski definition) is 2. The van der Waals surface area contributed by atoms with E-state index in [2.05, 4.69) is 24.5 Å². The van der Waals surface area contributed by atoms with Gasteiger partial charge in [0.1, 0.15) is 12.4 Å². The maximum absolute atomic E-state index is 12.9. The summed E-state index contributed by atoms with van der Waals surface area (Å²) in [6.45, 7) is 6.72. The molecule has 0 unspecified atom stereocenters. The summed E-state index contributed by atoms with van der Waals surface area (Å²) in [7, 11) is 0. The van der Waals surface area contributed by atoms with Crippen molar-refractivity contribution in [3.63, 3.8) is 0 Å². The summed E-state index contributed by atoms with van der Waals surface area (Å²) in [4.78, 5) is 24.9. The zero-order valence-corrected chi connectivity index (χ0v) is 18.3. The number of rotatable bonds is 9. The van der Waals surface area contributed by atoms with E-state index < -0.39 is 12.0 Å². The Morgan fingerprint density at radius 2 is 1.71 bits per heavy atom. The first-order chi connectivity index (χ1) is 15.0. The maximum Gasteiger partial charge on any atom is 0.338 e. The smallest absolute Gasteiger partial charge is 0.338 e. The van der Waals surface area contributed by atoms with Crippen LogP contribution in [0.3, 0.4) is 0 Å². The molecule has 2 N–H and O–H groups in total. The normalized spacial score (nSPS) is 16.0. The van der Waals surface area contributed by atoms with Crippen LogP contribution < -0.4 is 15.4 Å². The van der Waals surface area contributed by atoms with Crippen molar-refractivity contribution < 1.29 is 19.1 Å². The third-order valence-electron chi connectivity index (χ3n) is 5.56. The summed E-state index contributed by atoms with van der Waals surface area (Å²) >= 11 is 0. The van der Waals surface area contributed by atoms with E-state index in [0.717, 1.165) is 24.0 Å². The van der Waals surface area contributed by atoms with Crippen molar-refractivity contribution in [2.45, 2.75) is 46.3 Å². The highest BCUT2D eigenvalue weighted by atomic mass is 16.5. The molecule has 1 atom stereocenters. The Hall–Kier alpha value is -3.28. The van der Waals surface area contributed by atoms with Crippen LogP contribution in [0.15, 0.2) is 65.9 Å². The number of carbonyl (C=O) groups is 2. The van der Waals surface area contributed by atoms with Crippen LogP contribution in [0.1, 0.15) is 50.8 Å². The number of allylic oxidation sites excluding steroid dienone is 1. The fraction of sp³-hybridized carbons (Fsp3) is 0.360. The standard InChI is InChI=1S/C25H30N2O4/c1-4-18(5-2)15-31-24(28)22-17(3)26-25(29)27-23(22)20-11-13-21(14-12-20)30-16-19-9-7-6-8-10-19/h6-14,18,23H,4-5,15-16H2,1-3H3,(H2,26,27,29)/t23-/m1/s1. The molecule has 0 bridgehead atoms. The van der Waals surface area contributed by atoms with Crippen LogP contribution in [0.4, 0.5) is 4.79 Å². The van der Waals surface area contributed by atoms with Crippen LogP contribution >= 0.6 is 0 Å². The molecule has 1 aliphatic heterocycles. The molecular formula is C25H30N2O4. The number of nitrogens with one attached hydrogen (secondary N) is 2. The highest BCUT2D eigenvalue weighted by Crippen LogP contribution is 2.29. The van der Waals surface area contributed by atoms with Gasteiger partial charge >= 0.3 is 12.0 Å². The van der Waals surface area contributed by atoms with Gasteiger partial charge in [0.05, 0.1) is 18.2 Å². The number of benzene rings is 2. The van der Waals surface area contributed by atoms with E-state index in [0.29, 0.717) is 36.2 Å². The number of hydrogen-bond acceptors (Lipinski definition) is 4. The number of urea groups is 1. The second-order valence-corrected chi connectivity index (χ2v) is 7.69. The molecule has 0 aliphatic carbocycles. The van der Waals surface area contributed by atoms with Gasteiger partial charge in [0, 0.05) is 5.70 Å². The predicted octanol–water partition coefficient (Wildman–Crippen LogP) is 4.87. The molecular weight excluding hydrogens is 392 g/mol. The molecule has 2 amide bonds. The molecule has 3 rings (SSSR count). The minimum absolute atomic E-state index is 0.329. The molecule has 31 heavy (non-hydrogen) atoms. The molecule has 1 heterocycles. The molecule has 164 valence electrons. The first kappa shape index (κ1) is 22.4. The van der Waals surface area contributed by atoms with E-state index in [1.165, 1.54) is 0 Å². The van der Waals surface area contributed by atoms with Crippen molar-refractivity contribution in [3.05, 3.63) is 77.0 Å². The lowest BCUT2D eigenvalue weighted by atomic mass is 9.95. The molecule has 6 nitrogen and oxygen atoms in total. The number of esters is 1. The first-order valence-electron chi connectivity index (χ1n) is 10.7. The summed E-state index contributed by atoms with van der Waals surface area (Å²) in [5.74, 6) is 0.633. The minimum atomic E-state index is -0.578. The molecule has 1 aliphatic rings. The van der Waals surface area contributed by atoms with Crippen molar-refractivity contribution in [2.24, 2.45) is 5.92 Å². The van der Waals surface area contributed by atoms with Gasteiger partial charge in [0.2, 0.25) is 0 Å². The largest absolute Gasteiger partial charge is 0.489 e. The fourth-order valence-electron chi connectivity index (χ4n) is 3.51. The van der Waals surface area contributed by atoms with Gasteiger partial charge in [-0.1, -0.05) is 69.2 Å². The zero-order valence-electron chi connectivity index (χ0n) is 18.3. The second kappa shape index (κ2) is 10.7. The van der Waals surface area contributed by atoms with Gasteiger partial charge in [-0.05, 0) is 36.1 Å². The Balaban J connectivity index is 1.73. The maximum atomic E-state index is 12.9. The van der Waals surface area contributed by atoms with Gasteiger partial charge in [0.25, 0.3) is 0 Å². The summed E-state index contributed by atoms with van der Waals surface area (Å²) in [5.41, 5.74) is 2.80. The molecule has 6 heteroatoms. The summed E-state index contributed by atoms with van der Waals surface area (Å²) < 4.78 is 11.4. The molecule has 2 aromatic rings. The monoisotopic (exact) mass is 422 g/mol. The minimum Gasteiger partial charge on any atom is -0.489 e. The van der Waals surface area contributed by atoms with Gasteiger partial charge in [-0.3, -0.25) is 0 Å². The lowest BCUT2D eigenvalue weighted by Gasteiger charge is -2.28. The van der Waals surface area contributed by atoms with E-state index >= 15 is 0 Å². The van der Waals surface area contributed by atoms with Crippen LogP contribution in [0, 0.1) is 5.92 Å². The van der Waals surface area contributed by atoms with E-state index in [1.807, 2.05) is 54.6 Å². The predicted molar refractivity (Wildman–Crippen MR) is 119 cm³/mol. The van der Waals surface area contributed by atoms with Crippen LogP contribution in [0.25, 0.3) is 0 Å². The van der Waals surface area contributed by atoms with E-state index in [9.17, 15) is 9.59 Å². The van der Waals surface area contributed by atoms with Crippen molar-refractivity contribution in [1.29, 1.82) is 0 Å². The quantitative estimate of drug-likeness (QED) is 0.565. The Morgan fingerprint density at radius 1 is 1.03 bits per heavy atom. The Kier molecular flexibility index (Phi) is 7.70. The molecule has 0 radical (unpaired) electrons. The number of amides is 2. The lowest BCUT2D eigenvalue weighted by molar-refractivity contribution is -0.141. The van der Waals surface area contributed by atoms with Crippen molar-refractivity contribution in [2.75, 3.05) is 6.61 Å². The van der Waals surface area contributed by atoms with Crippen LogP contribution in [-0.4, -0.2) is 18.6 Å². The summed E-state index contributed by atoms with van der Waals surface area (Å²) in [6.07, 6.45) is 1.90. The molecule has 0 fully saturated rings. The third-order valence-corrected chi connectivity index (χ3v) is 5.56. The fourth-order valence-corrected chi connectivity index (χ4v) is 3.51. The van der Waals surface area contributed by atoms with E-state index in [4.69, 9.17) is 9.47 Å². The van der Waals surface area contributed by atoms with Crippen molar-refractivity contribution >= 4 is 12.0 Å². The average Bonchev–Trinajstić information content (AvgIpc) is 2.78. The third kappa shape index (κ3) is 5.87. The summed E-state index contributed by atoms with van der Waals surface area (Å²) in [6, 6.07) is 16.4. The van der Waals surface area contributed by atoms with E-state index in [-0.39, 0.29) is 6.03 Å². The molecule has 0 saturated carbocycles. The van der Waals surface area contributed by atoms with Crippen molar-refractivity contribution in [3.8, 4) is 5.75 Å². The van der Waals surface area contributed by atoms with E-state index in [1.54, 1.807) is 6.92 Å². The molecule has 0 spiro atoms. The van der Waals surface area contributed by atoms with Crippen LogP contribution in [0.5, 0.6) is 5.75 Å². The highest BCUT2D eigenvalue weighted by Gasteiger charge is 2.32. The average molecular weight is 423 g/mol. The zero-order chi connectivity index (χ0) is 22.2. The Morgan fingerprint density at radius 3 is 2.35 bits per heavy atom. The van der Waals surface area contributed by atoms with Gasteiger partial charge in [-0.25, -0.2) is 9.59 Å². The topological polar surface area (TPSA) is 76.7 Å². The van der Waals surface area contributed by atoms with Crippen LogP contribution in [-0.2, 0) is 16.1 Å². The highest BCUT2D eigenvalue weighted by molar-refractivity contribution is 5.95. The number of ether oxygens (including phenoxy) is 2. The lowest BCUT2D eigenvalue weighted by Crippen LogP contribution is -2.45. The molecule has 0 aromatic heterocycles. The summed E-state index contributed by atoms with van der Waals surface area (Å²) in [5, 5.41) is 5.52.